The summed E-state index contributed by atoms with van der Waals surface area (Å²) in [5.41, 5.74) is 1.86. The van der Waals surface area contributed by atoms with Gasteiger partial charge in [-0.3, -0.25) is 0 Å². The van der Waals surface area contributed by atoms with Gasteiger partial charge in [0, 0.05) is 0 Å². The summed E-state index contributed by atoms with van der Waals surface area (Å²) in [4.78, 5) is 14.8. The molecule has 3 aromatic carbocycles. The Morgan fingerprint density at radius 2 is 1.70 bits per heavy atom. The zero-order valence-electron chi connectivity index (χ0n) is 18.4. The van der Waals surface area contributed by atoms with Crippen molar-refractivity contribution in [1.82, 2.24) is 4.83 Å². The summed E-state index contributed by atoms with van der Waals surface area (Å²) in [6.07, 6.45) is 1.34. The first-order valence-electron chi connectivity index (χ1n) is 10.1. The van der Waals surface area contributed by atoms with Crippen LogP contribution in [0.25, 0.3) is 0 Å². The lowest BCUT2D eigenvalue weighted by Gasteiger charge is -2.11. The van der Waals surface area contributed by atoms with Crippen LogP contribution in [0.4, 0.5) is 0 Å². The highest BCUT2D eigenvalue weighted by Crippen LogP contribution is 2.29. The quantitative estimate of drug-likeness (QED) is 0.221. The van der Waals surface area contributed by atoms with Crippen molar-refractivity contribution in [3.63, 3.8) is 0 Å². The van der Waals surface area contributed by atoms with Gasteiger partial charge in [-0.25, -0.2) is 9.63 Å². The number of ether oxygens (including phenoxy) is 3. The molecule has 9 heteroatoms. The summed E-state index contributed by atoms with van der Waals surface area (Å²) >= 11 is 0. The lowest BCUT2D eigenvalue weighted by atomic mass is 10.2. The summed E-state index contributed by atoms with van der Waals surface area (Å²) in [6.45, 7) is 4.01. The van der Waals surface area contributed by atoms with Crippen molar-refractivity contribution in [2.24, 2.45) is 5.10 Å². The Hall–Kier alpha value is -3.85. The van der Waals surface area contributed by atoms with Crippen LogP contribution in [0.15, 0.2) is 76.7 Å². The fourth-order valence-corrected chi connectivity index (χ4v) is 3.58. The lowest BCUT2D eigenvalue weighted by Crippen LogP contribution is -2.18. The van der Waals surface area contributed by atoms with Crippen molar-refractivity contribution in [1.29, 1.82) is 0 Å². The molecule has 0 fully saturated rings. The molecule has 0 spiro atoms. The van der Waals surface area contributed by atoms with E-state index in [0.29, 0.717) is 29.2 Å². The van der Waals surface area contributed by atoms with Gasteiger partial charge in [0.05, 0.1) is 30.4 Å². The number of aryl methyl sites for hydroxylation is 1. The third-order valence-corrected chi connectivity index (χ3v) is 5.75. The molecule has 3 rings (SSSR count). The topological polar surface area (TPSA) is 103 Å². The number of hydrazone groups is 1. The van der Waals surface area contributed by atoms with Gasteiger partial charge in [0.1, 0.15) is 5.75 Å². The van der Waals surface area contributed by atoms with E-state index in [4.69, 9.17) is 14.2 Å². The molecule has 0 amide bonds. The van der Waals surface area contributed by atoms with Crippen molar-refractivity contribution >= 4 is 22.2 Å². The minimum absolute atomic E-state index is 0.112. The largest absolute Gasteiger partial charge is 0.497 e. The lowest BCUT2D eigenvalue weighted by molar-refractivity contribution is 0.0728. The molecule has 3 aromatic rings. The number of esters is 1. The standard InChI is InChI=1S/C24H24N2O6S/c1-4-31-23-15-18(16-25-26-33(28,29)21-12-5-17(2)6-13-21)7-14-22(23)32-24(27)19-8-10-20(30-3)11-9-19/h5-16,26H,4H2,1-3H3/b25-16-. The first-order valence-corrected chi connectivity index (χ1v) is 11.6. The highest BCUT2D eigenvalue weighted by atomic mass is 32.2. The van der Waals surface area contributed by atoms with E-state index in [2.05, 4.69) is 9.93 Å². The minimum atomic E-state index is -3.78. The second kappa shape index (κ2) is 10.6. The monoisotopic (exact) mass is 468 g/mol. The van der Waals surface area contributed by atoms with Gasteiger partial charge < -0.3 is 14.2 Å². The molecular formula is C24H24N2O6S. The molecule has 0 saturated heterocycles. The van der Waals surface area contributed by atoms with Crippen LogP contribution in [-0.2, 0) is 10.0 Å². The average Bonchev–Trinajstić information content (AvgIpc) is 2.81. The average molecular weight is 469 g/mol. The van der Waals surface area contributed by atoms with Crippen LogP contribution < -0.4 is 19.0 Å². The smallest absolute Gasteiger partial charge is 0.343 e. The Morgan fingerprint density at radius 3 is 2.33 bits per heavy atom. The number of nitrogens with one attached hydrogen (secondary N) is 1. The fourth-order valence-electron chi connectivity index (χ4n) is 2.78. The molecule has 0 atom stereocenters. The third kappa shape index (κ3) is 6.33. The van der Waals surface area contributed by atoms with Gasteiger partial charge in [0.15, 0.2) is 11.5 Å². The van der Waals surface area contributed by atoms with Crippen LogP contribution in [0.3, 0.4) is 0 Å². The molecule has 0 heterocycles. The van der Waals surface area contributed by atoms with Gasteiger partial charge in [-0.05, 0) is 74.0 Å². The third-order valence-electron chi connectivity index (χ3n) is 4.51. The number of carbonyl (C=O) groups is 1. The van der Waals surface area contributed by atoms with Crippen molar-refractivity contribution in [2.45, 2.75) is 18.7 Å². The van der Waals surface area contributed by atoms with E-state index >= 15 is 0 Å². The molecule has 8 nitrogen and oxygen atoms in total. The van der Waals surface area contributed by atoms with E-state index in [0.717, 1.165) is 5.56 Å². The highest BCUT2D eigenvalue weighted by Gasteiger charge is 2.14. The van der Waals surface area contributed by atoms with Crippen LogP contribution in [0.5, 0.6) is 17.2 Å². The number of hydrogen-bond donors (Lipinski definition) is 1. The first kappa shape index (κ1) is 23.8. The Bertz CT molecular complexity index is 1240. The highest BCUT2D eigenvalue weighted by molar-refractivity contribution is 7.89. The number of hydrogen-bond acceptors (Lipinski definition) is 7. The van der Waals surface area contributed by atoms with Crippen LogP contribution >= 0.6 is 0 Å². The summed E-state index contributed by atoms with van der Waals surface area (Å²) in [7, 11) is -2.24. The van der Waals surface area contributed by atoms with Crippen LogP contribution in [-0.4, -0.2) is 34.3 Å². The molecule has 0 aliphatic carbocycles. The summed E-state index contributed by atoms with van der Waals surface area (Å²) in [5, 5.41) is 3.83. The first-order chi connectivity index (χ1) is 15.8. The number of carbonyl (C=O) groups excluding carboxylic acids is 1. The molecule has 172 valence electrons. The van der Waals surface area contributed by atoms with Crippen molar-refractivity contribution in [3.8, 4) is 17.2 Å². The predicted octanol–water partition coefficient (Wildman–Crippen LogP) is 3.93. The van der Waals surface area contributed by atoms with Gasteiger partial charge in [-0.2, -0.15) is 13.5 Å². The van der Waals surface area contributed by atoms with Crippen molar-refractivity contribution < 1.29 is 27.4 Å². The van der Waals surface area contributed by atoms with Gasteiger partial charge in [-0.1, -0.05) is 17.7 Å². The van der Waals surface area contributed by atoms with E-state index in [1.54, 1.807) is 68.6 Å². The molecule has 33 heavy (non-hydrogen) atoms. The van der Waals surface area contributed by atoms with E-state index in [-0.39, 0.29) is 10.6 Å². The van der Waals surface area contributed by atoms with Gasteiger partial charge in [-0.15, -0.1) is 0 Å². The number of sulfonamides is 1. The Morgan fingerprint density at radius 1 is 1.00 bits per heavy atom. The van der Waals surface area contributed by atoms with E-state index in [1.165, 1.54) is 18.3 Å². The second-order valence-electron chi connectivity index (χ2n) is 6.92. The maximum atomic E-state index is 12.5. The number of nitrogens with zero attached hydrogens (tertiary/aromatic N) is 1. The molecule has 0 aliphatic rings. The molecule has 0 aliphatic heterocycles. The molecule has 1 N–H and O–H groups in total. The molecule has 0 bridgehead atoms. The van der Waals surface area contributed by atoms with Crippen molar-refractivity contribution in [3.05, 3.63) is 83.4 Å². The van der Waals surface area contributed by atoms with Gasteiger partial charge >= 0.3 is 5.97 Å². The summed E-state index contributed by atoms with van der Waals surface area (Å²) in [5.74, 6) is 0.633. The Balaban J connectivity index is 1.73. The SMILES string of the molecule is CCOc1cc(/C=N\NS(=O)(=O)c2ccc(C)cc2)ccc1OC(=O)c1ccc(OC)cc1. The number of benzene rings is 3. The maximum Gasteiger partial charge on any atom is 0.343 e. The normalized spacial score (nSPS) is 11.2. The second-order valence-corrected chi connectivity index (χ2v) is 8.58. The Labute approximate surface area is 192 Å². The predicted molar refractivity (Wildman–Crippen MR) is 125 cm³/mol. The van der Waals surface area contributed by atoms with Crippen LogP contribution in [0, 0.1) is 6.92 Å². The molecule has 0 saturated carbocycles. The van der Waals surface area contributed by atoms with Gasteiger partial charge in [0.25, 0.3) is 10.0 Å². The van der Waals surface area contributed by atoms with E-state index < -0.39 is 16.0 Å². The molecule has 0 unspecified atom stereocenters. The maximum absolute atomic E-state index is 12.5. The van der Waals surface area contributed by atoms with E-state index in [1.807, 2.05) is 6.92 Å². The number of rotatable bonds is 9. The zero-order chi connectivity index (χ0) is 23.8. The van der Waals surface area contributed by atoms with Crippen molar-refractivity contribution in [2.75, 3.05) is 13.7 Å². The van der Waals surface area contributed by atoms with E-state index in [9.17, 15) is 13.2 Å². The van der Waals surface area contributed by atoms with Crippen LogP contribution in [0.2, 0.25) is 0 Å². The Kier molecular flexibility index (Phi) is 7.68. The molecule has 0 radical (unpaired) electrons. The van der Waals surface area contributed by atoms with Crippen LogP contribution in [0.1, 0.15) is 28.4 Å². The summed E-state index contributed by atoms with van der Waals surface area (Å²) in [6, 6.07) is 17.7. The zero-order valence-corrected chi connectivity index (χ0v) is 19.3. The number of methoxy groups -OCH3 is 1. The summed E-state index contributed by atoms with van der Waals surface area (Å²) < 4.78 is 40.8. The minimum Gasteiger partial charge on any atom is -0.497 e. The van der Waals surface area contributed by atoms with Gasteiger partial charge in [0.2, 0.25) is 0 Å². The molecular weight excluding hydrogens is 444 g/mol. The fraction of sp³-hybridized carbons (Fsp3) is 0.167. The molecule has 0 aromatic heterocycles.